The summed E-state index contributed by atoms with van der Waals surface area (Å²) in [5, 5.41) is 9.06. The highest BCUT2D eigenvalue weighted by molar-refractivity contribution is 8.00. The molecule has 3 nitrogen and oxygen atoms in total. The SMILES string of the molecule is C1=C(c2ccc(-c3ccccc3)cc2)C(c2ccc(C3Nc4ccccc4S3)cc2)NC(c2ccc(-c3nc4ccccc4s3)cc2)=C1c1ccc(-c2ccccc2)cc1. The lowest BCUT2D eigenvalue weighted by atomic mass is 9.84. The predicted octanol–water partition coefficient (Wildman–Crippen LogP) is 14.8. The number of rotatable bonds is 8. The summed E-state index contributed by atoms with van der Waals surface area (Å²) < 4.78 is 1.20. The van der Waals surface area contributed by atoms with Gasteiger partial charge in [0.15, 0.2) is 0 Å². The van der Waals surface area contributed by atoms with Crippen molar-refractivity contribution in [1.29, 1.82) is 0 Å². The number of para-hydroxylation sites is 2. The molecule has 3 heterocycles. The van der Waals surface area contributed by atoms with Crippen LogP contribution in [0.3, 0.4) is 0 Å². The number of hydrogen-bond donors (Lipinski definition) is 2. The monoisotopic (exact) mass is 805 g/mol. The minimum absolute atomic E-state index is 0.103. The lowest BCUT2D eigenvalue weighted by molar-refractivity contribution is 0.784. The summed E-state index contributed by atoms with van der Waals surface area (Å²) in [4.78, 5) is 6.25. The van der Waals surface area contributed by atoms with Gasteiger partial charge in [0, 0.05) is 21.7 Å². The molecule has 2 aliphatic heterocycles. The molecule has 11 rings (SSSR count). The van der Waals surface area contributed by atoms with Crippen LogP contribution in [-0.2, 0) is 0 Å². The average Bonchev–Trinajstić information content (AvgIpc) is 3.98. The van der Waals surface area contributed by atoms with Crippen LogP contribution in [0.15, 0.2) is 217 Å². The average molecular weight is 806 g/mol. The molecule has 9 aromatic rings. The van der Waals surface area contributed by atoms with E-state index in [4.69, 9.17) is 4.98 Å². The van der Waals surface area contributed by atoms with Crippen molar-refractivity contribution in [3.63, 3.8) is 0 Å². The number of dihydropyridines is 1. The van der Waals surface area contributed by atoms with Crippen LogP contribution in [0.4, 0.5) is 5.69 Å². The number of benzene rings is 8. The summed E-state index contributed by atoms with van der Waals surface area (Å²) in [5.74, 6) is 0. The predicted molar refractivity (Wildman–Crippen MR) is 255 cm³/mol. The second-order valence-corrected chi connectivity index (χ2v) is 17.4. The maximum absolute atomic E-state index is 4.96. The van der Waals surface area contributed by atoms with Crippen molar-refractivity contribution >= 4 is 55.8 Å². The standard InChI is InChI=1S/C55H39N3S2/c1-3-11-36(12-4-1)38-19-23-40(24-20-38)46-35-47(41-25-21-39(22-26-41)37-13-5-2-6-14-37)53(43-29-33-45(34-30-43)55-57-49-16-8-10-18-51(49)60-55)58-52(46)42-27-31-44(32-28-42)54-56-48-15-7-9-17-50(48)59-54/h1-35,52,54,56,58H. The lowest BCUT2D eigenvalue weighted by Gasteiger charge is -2.32. The molecule has 0 aliphatic carbocycles. The van der Waals surface area contributed by atoms with Crippen molar-refractivity contribution in [3.8, 4) is 32.8 Å². The van der Waals surface area contributed by atoms with Gasteiger partial charge in [0.1, 0.15) is 10.4 Å². The van der Waals surface area contributed by atoms with Crippen molar-refractivity contribution in [2.24, 2.45) is 0 Å². The zero-order valence-electron chi connectivity index (χ0n) is 32.6. The lowest BCUT2D eigenvalue weighted by Crippen LogP contribution is -2.25. The molecular formula is C55H39N3S2. The van der Waals surface area contributed by atoms with Crippen LogP contribution in [0.1, 0.15) is 39.2 Å². The fourth-order valence-electron chi connectivity index (χ4n) is 8.32. The quantitative estimate of drug-likeness (QED) is 0.160. The van der Waals surface area contributed by atoms with Gasteiger partial charge in [-0.3, -0.25) is 0 Å². The number of anilines is 1. The van der Waals surface area contributed by atoms with Gasteiger partial charge < -0.3 is 10.6 Å². The van der Waals surface area contributed by atoms with Crippen LogP contribution in [-0.4, -0.2) is 4.98 Å². The zero-order valence-corrected chi connectivity index (χ0v) is 34.3. The van der Waals surface area contributed by atoms with Gasteiger partial charge in [0.05, 0.1) is 22.0 Å². The molecule has 0 saturated carbocycles. The number of hydrogen-bond acceptors (Lipinski definition) is 5. The number of nitrogens with zero attached hydrogens (tertiary/aromatic N) is 1. The minimum atomic E-state index is -0.103. The number of fused-ring (bicyclic) bond motifs is 2. The molecule has 0 saturated heterocycles. The van der Waals surface area contributed by atoms with Gasteiger partial charge in [0.25, 0.3) is 0 Å². The molecule has 286 valence electrons. The van der Waals surface area contributed by atoms with E-state index >= 15 is 0 Å². The van der Waals surface area contributed by atoms with E-state index in [9.17, 15) is 0 Å². The van der Waals surface area contributed by atoms with Gasteiger partial charge >= 0.3 is 0 Å². The third kappa shape index (κ3) is 7.02. The Bertz CT molecular complexity index is 2960. The Labute approximate surface area is 358 Å². The summed E-state index contributed by atoms with van der Waals surface area (Å²) in [6.45, 7) is 0. The summed E-state index contributed by atoms with van der Waals surface area (Å²) >= 11 is 3.61. The van der Waals surface area contributed by atoms with Gasteiger partial charge in [0.2, 0.25) is 0 Å². The van der Waals surface area contributed by atoms with Gasteiger partial charge in [-0.2, -0.15) is 0 Å². The first-order chi connectivity index (χ1) is 29.7. The molecule has 0 amide bonds. The highest BCUT2D eigenvalue weighted by Crippen LogP contribution is 2.47. The highest BCUT2D eigenvalue weighted by atomic mass is 32.2. The van der Waals surface area contributed by atoms with Crippen LogP contribution < -0.4 is 10.6 Å². The summed E-state index contributed by atoms with van der Waals surface area (Å²) in [6.07, 6.45) is 2.42. The van der Waals surface area contributed by atoms with E-state index in [1.807, 2.05) is 11.8 Å². The highest BCUT2D eigenvalue weighted by Gasteiger charge is 2.28. The van der Waals surface area contributed by atoms with E-state index < -0.39 is 0 Å². The van der Waals surface area contributed by atoms with E-state index in [0.29, 0.717) is 0 Å². The van der Waals surface area contributed by atoms with Crippen molar-refractivity contribution in [3.05, 3.63) is 240 Å². The molecule has 0 fully saturated rings. The number of nitrogens with one attached hydrogen (secondary N) is 2. The third-order valence-corrected chi connectivity index (χ3v) is 13.8. The van der Waals surface area contributed by atoms with Crippen LogP contribution in [0.25, 0.3) is 59.9 Å². The first-order valence-electron chi connectivity index (χ1n) is 20.3. The molecule has 2 unspecified atom stereocenters. The number of allylic oxidation sites excluding steroid dienone is 2. The molecule has 2 N–H and O–H groups in total. The minimum Gasteiger partial charge on any atom is -0.373 e. The maximum Gasteiger partial charge on any atom is 0.124 e. The van der Waals surface area contributed by atoms with E-state index in [1.54, 1.807) is 11.3 Å². The van der Waals surface area contributed by atoms with E-state index in [2.05, 4.69) is 223 Å². The molecule has 0 radical (unpaired) electrons. The second-order valence-electron chi connectivity index (χ2n) is 15.2. The van der Waals surface area contributed by atoms with Crippen LogP contribution in [0, 0.1) is 0 Å². The van der Waals surface area contributed by atoms with Crippen LogP contribution in [0.5, 0.6) is 0 Å². The molecule has 1 aromatic heterocycles. The smallest absolute Gasteiger partial charge is 0.124 e. The summed E-state index contributed by atoms with van der Waals surface area (Å²) in [7, 11) is 0. The Kier molecular flexibility index (Phi) is 9.46. The molecule has 5 heteroatoms. The first kappa shape index (κ1) is 36.2. The second kappa shape index (κ2) is 15.7. The Morgan fingerprint density at radius 1 is 0.417 bits per heavy atom. The number of thiazole rings is 1. The first-order valence-corrected chi connectivity index (χ1v) is 22.0. The molecule has 0 spiro atoms. The Balaban J connectivity index is 1.02. The Morgan fingerprint density at radius 2 is 0.950 bits per heavy atom. The van der Waals surface area contributed by atoms with Gasteiger partial charge in [-0.15, -0.1) is 11.3 Å². The summed E-state index contributed by atoms with van der Waals surface area (Å²) in [6, 6.07) is 74.2. The molecular weight excluding hydrogens is 767 g/mol. The molecule has 0 bridgehead atoms. The largest absolute Gasteiger partial charge is 0.373 e. The fraction of sp³-hybridized carbons (Fsp3) is 0.0364. The molecule has 2 aliphatic rings. The molecule has 60 heavy (non-hydrogen) atoms. The van der Waals surface area contributed by atoms with Crippen molar-refractivity contribution < 1.29 is 0 Å². The topological polar surface area (TPSA) is 37.0 Å². The van der Waals surface area contributed by atoms with Crippen LogP contribution in [0.2, 0.25) is 0 Å². The van der Waals surface area contributed by atoms with Gasteiger partial charge in [-0.25, -0.2) is 4.98 Å². The summed E-state index contributed by atoms with van der Waals surface area (Å²) in [5.41, 5.74) is 17.6. The fourth-order valence-corrected chi connectivity index (χ4v) is 10.4. The van der Waals surface area contributed by atoms with Crippen molar-refractivity contribution in [2.75, 3.05) is 5.32 Å². The maximum atomic E-state index is 4.96. The number of thioether (sulfide) groups is 1. The third-order valence-electron chi connectivity index (χ3n) is 11.5. The van der Waals surface area contributed by atoms with Crippen molar-refractivity contribution in [2.45, 2.75) is 16.3 Å². The van der Waals surface area contributed by atoms with Crippen molar-refractivity contribution in [1.82, 2.24) is 10.3 Å². The normalized spacial score (nSPS) is 15.9. The Hall–Kier alpha value is -6.92. The van der Waals surface area contributed by atoms with E-state index in [-0.39, 0.29) is 11.4 Å². The zero-order chi connectivity index (χ0) is 39.8. The number of aromatic nitrogens is 1. The van der Waals surface area contributed by atoms with E-state index in [1.165, 1.54) is 59.8 Å². The molecule has 2 atom stereocenters. The Morgan fingerprint density at radius 3 is 1.62 bits per heavy atom. The van der Waals surface area contributed by atoms with Crippen LogP contribution >= 0.6 is 23.1 Å². The van der Waals surface area contributed by atoms with Gasteiger partial charge in [-0.1, -0.05) is 194 Å². The van der Waals surface area contributed by atoms with E-state index in [0.717, 1.165) is 38.5 Å². The molecule has 8 aromatic carbocycles. The van der Waals surface area contributed by atoms with Gasteiger partial charge in [-0.05, 0) is 86.0 Å².